The number of benzene rings is 2. The Morgan fingerprint density at radius 2 is 1.79 bits per heavy atom. The average Bonchev–Trinajstić information content (AvgIpc) is 2.83. The molecular weight excluding hydrogens is 370 g/mol. The van der Waals surface area contributed by atoms with Gasteiger partial charge < -0.3 is 15.4 Å². The van der Waals surface area contributed by atoms with Crippen LogP contribution in [-0.2, 0) is 9.59 Å². The Labute approximate surface area is 170 Å². The molecule has 29 heavy (non-hydrogen) atoms. The second-order valence-corrected chi connectivity index (χ2v) is 6.88. The maximum Gasteiger partial charge on any atom is 0.263 e. The van der Waals surface area contributed by atoms with Crippen LogP contribution in [-0.4, -0.2) is 49.4 Å². The third kappa shape index (κ3) is 4.30. The molecule has 3 amide bonds. The first-order valence-corrected chi connectivity index (χ1v) is 9.64. The van der Waals surface area contributed by atoms with Gasteiger partial charge in [0, 0.05) is 20.0 Å². The minimum Gasteiger partial charge on any atom is -0.492 e. The number of nitrogens with zero attached hydrogens (tertiary/aromatic N) is 2. The van der Waals surface area contributed by atoms with E-state index >= 15 is 0 Å². The van der Waals surface area contributed by atoms with E-state index in [0.717, 1.165) is 16.0 Å². The standard InChI is InChI=1S/C22H25N3O4/c1-3-4-20(26)25-14-21(27)24(2)19-10-7-16(13-18(19)22(25)28)15-5-8-17(9-6-15)29-12-11-23/h5-10,13H,3-4,11-12,14,23H2,1-2H3. The van der Waals surface area contributed by atoms with Gasteiger partial charge in [0.2, 0.25) is 11.8 Å². The normalized spacial score (nSPS) is 13.9. The third-order valence-corrected chi connectivity index (χ3v) is 4.84. The van der Waals surface area contributed by atoms with Crippen molar-refractivity contribution in [3.63, 3.8) is 0 Å². The van der Waals surface area contributed by atoms with Crippen molar-refractivity contribution in [2.75, 3.05) is 31.6 Å². The number of imide groups is 1. The van der Waals surface area contributed by atoms with Crippen LogP contribution in [0, 0.1) is 0 Å². The lowest BCUT2D eigenvalue weighted by Crippen LogP contribution is -2.41. The van der Waals surface area contributed by atoms with Gasteiger partial charge in [0.15, 0.2) is 0 Å². The van der Waals surface area contributed by atoms with Gasteiger partial charge in [0.05, 0.1) is 11.3 Å². The van der Waals surface area contributed by atoms with E-state index in [2.05, 4.69) is 0 Å². The van der Waals surface area contributed by atoms with Crippen LogP contribution in [0.25, 0.3) is 11.1 Å². The van der Waals surface area contributed by atoms with E-state index in [1.165, 1.54) is 4.90 Å². The van der Waals surface area contributed by atoms with Crippen molar-refractivity contribution in [2.24, 2.45) is 5.73 Å². The Balaban J connectivity index is 1.97. The zero-order valence-electron chi connectivity index (χ0n) is 16.7. The smallest absolute Gasteiger partial charge is 0.263 e. The van der Waals surface area contributed by atoms with E-state index in [1.807, 2.05) is 37.3 Å². The highest BCUT2D eigenvalue weighted by Crippen LogP contribution is 2.31. The van der Waals surface area contributed by atoms with Gasteiger partial charge in [-0.15, -0.1) is 0 Å². The molecule has 2 N–H and O–H groups in total. The molecule has 0 aliphatic carbocycles. The van der Waals surface area contributed by atoms with E-state index in [-0.39, 0.29) is 24.8 Å². The summed E-state index contributed by atoms with van der Waals surface area (Å²) in [5.41, 5.74) is 7.99. The van der Waals surface area contributed by atoms with Gasteiger partial charge in [0.1, 0.15) is 18.9 Å². The van der Waals surface area contributed by atoms with Crippen LogP contribution < -0.4 is 15.4 Å². The number of ether oxygens (including phenoxy) is 1. The van der Waals surface area contributed by atoms with Crippen LogP contribution in [0.3, 0.4) is 0 Å². The summed E-state index contributed by atoms with van der Waals surface area (Å²) in [6, 6.07) is 12.8. The Morgan fingerprint density at radius 3 is 2.45 bits per heavy atom. The topological polar surface area (TPSA) is 92.9 Å². The monoisotopic (exact) mass is 395 g/mol. The zero-order valence-corrected chi connectivity index (χ0v) is 16.7. The largest absolute Gasteiger partial charge is 0.492 e. The fourth-order valence-electron chi connectivity index (χ4n) is 3.24. The molecule has 1 aliphatic rings. The molecule has 3 rings (SSSR count). The van der Waals surface area contributed by atoms with Crippen molar-refractivity contribution in [3.8, 4) is 16.9 Å². The number of hydrogen-bond donors (Lipinski definition) is 1. The van der Waals surface area contributed by atoms with Gasteiger partial charge in [-0.1, -0.05) is 25.1 Å². The highest BCUT2D eigenvalue weighted by molar-refractivity contribution is 6.15. The van der Waals surface area contributed by atoms with Crippen molar-refractivity contribution in [1.82, 2.24) is 4.90 Å². The third-order valence-electron chi connectivity index (χ3n) is 4.84. The Hall–Kier alpha value is -3.19. The van der Waals surface area contributed by atoms with E-state index < -0.39 is 5.91 Å². The first-order chi connectivity index (χ1) is 14.0. The molecule has 2 aromatic carbocycles. The minimum absolute atomic E-state index is 0.224. The van der Waals surface area contributed by atoms with Crippen LogP contribution in [0.4, 0.5) is 5.69 Å². The predicted molar refractivity (Wildman–Crippen MR) is 111 cm³/mol. The molecule has 0 saturated heterocycles. The van der Waals surface area contributed by atoms with Gasteiger partial charge in [-0.05, 0) is 41.8 Å². The zero-order chi connectivity index (χ0) is 21.0. The van der Waals surface area contributed by atoms with Gasteiger partial charge in [-0.25, -0.2) is 0 Å². The summed E-state index contributed by atoms with van der Waals surface area (Å²) in [5, 5.41) is 0. The number of anilines is 1. The maximum atomic E-state index is 13.1. The van der Waals surface area contributed by atoms with Gasteiger partial charge in [-0.2, -0.15) is 0 Å². The number of hydrogen-bond acceptors (Lipinski definition) is 5. The van der Waals surface area contributed by atoms with Crippen molar-refractivity contribution in [3.05, 3.63) is 48.0 Å². The molecule has 0 fully saturated rings. The number of carbonyl (C=O) groups is 3. The average molecular weight is 395 g/mol. The predicted octanol–water partition coefficient (Wildman–Crippen LogP) is 2.44. The van der Waals surface area contributed by atoms with Crippen LogP contribution in [0.15, 0.2) is 42.5 Å². The fraction of sp³-hybridized carbons (Fsp3) is 0.318. The lowest BCUT2D eigenvalue weighted by molar-refractivity contribution is -0.132. The summed E-state index contributed by atoms with van der Waals surface area (Å²) in [5.74, 6) is -0.359. The number of fused-ring (bicyclic) bond motifs is 1. The first-order valence-electron chi connectivity index (χ1n) is 9.64. The number of carbonyl (C=O) groups excluding carboxylic acids is 3. The van der Waals surface area contributed by atoms with Crippen molar-refractivity contribution in [2.45, 2.75) is 19.8 Å². The molecule has 1 heterocycles. The van der Waals surface area contributed by atoms with Crippen LogP contribution in [0.5, 0.6) is 5.75 Å². The molecule has 7 nitrogen and oxygen atoms in total. The van der Waals surface area contributed by atoms with Gasteiger partial charge in [0.25, 0.3) is 5.91 Å². The molecule has 0 atom stereocenters. The molecule has 1 aliphatic heterocycles. The quantitative estimate of drug-likeness (QED) is 0.811. The lowest BCUT2D eigenvalue weighted by atomic mass is 10.0. The second kappa shape index (κ2) is 8.87. The van der Waals surface area contributed by atoms with E-state index in [0.29, 0.717) is 36.6 Å². The summed E-state index contributed by atoms with van der Waals surface area (Å²) in [7, 11) is 1.62. The molecule has 2 aromatic rings. The van der Waals surface area contributed by atoms with Gasteiger partial charge in [-0.3, -0.25) is 19.3 Å². The molecule has 0 unspecified atom stereocenters. The summed E-state index contributed by atoms with van der Waals surface area (Å²) in [4.78, 5) is 40.5. The number of amides is 3. The minimum atomic E-state index is -0.444. The number of likely N-dealkylation sites (N-methyl/N-ethyl adjacent to an activating group) is 1. The van der Waals surface area contributed by atoms with Crippen LogP contribution >= 0.6 is 0 Å². The Kier molecular flexibility index (Phi) is 6.29. The molecular formula is C22H25N3O4. The fourth-order valence-corrected chi connectivity index (χ4v) is 3.24. The number of rotatable bonds is 6. The van der Waals surface area contributed by atoms with Crippen molar-refractivity contribution >= 4 is 23.4 Å². The maximum absolute atomic E-state index is 13.1. The molecule has 0 aromatic heterocycles. The summed E-state index contributed by atoms with van der Waals surface area (Å²) in [6.07, 6.45) is 0.833. The molecule has 0 spiro atoms. The van der Waals surface area contributed by atoms with E-state index in [1.54, 1.807) is 19.2 Å². The SMILES string of the molecule is CCCC(=O)N1CC(=O)N(C)c2ccc(-c3ccc(OCCN)cc3)cc2C1=O. The summed E-state index contributed by atoms with van der Waals surface area (Å²) >= 11 is 0. The second-order valence-electron chi connectivity index (χ2n) is 6.88. The summed E-state index contributed by atoms with van der Waals surface area (Å²) < 4.78 is 5.49. The van der Waals surface area contributed by atoms with Crippen LogP contribution in [0.1, 0.15) is 30.1 Å². The Bertz CT molecular complexity index is 924. The van der Waals surface area contributed by atoms with Gasteiger partial charge >= 0.3 is 0 Å². The molecule has 0 saturated carbocycles. The van der Waals surface area contributed by atoms with E-state index in [9.17, 15) is 14.4 Å². The van der Waals surface area contributed by atoms with Crippen molar-refractivity contribution < 1.29 is 19.1 Å². The molecule has 0 bridgehead atoms. The Morgan fingerprint density at radius 1 is 1.10 bits per heavy atom. The first kappa shape index (κ1) is 20.5. The lowest BCUT2D eigenvalue weighted by Gasteiger charge is -2.17. The summed E-state index contributed by atoms with van der Waals surface area (Å²) in [6.45, 7) is 2.50. The highest BCUT2D eigenvalue weighted by atomic mass is 16.5. The molecule has 7 heteroatoms. The highest BCUT2D eigenvalue weighted by Gasteiger charge is 2.33. The van der Waals surface area contributed by atoms with E-state index in [4.69, 9.17) is 10.5 Å². The van der Waals surface area contributed by atoms with Crippen LogP contribution in [0.2, 0.25) is 0 Å². The molecule has 0 radical (unpaired) electrons. The molecule has 152 valence electrons. The number of nitrogens with two attached hydrogens (primary N) is 1. The van der Waals surface area contributed by atoms with Crippen molar-refractivity contribution in [1.29, 1.82) is 0 Å².